The minimum absolute atomic E-state index is 0.636. The van der Waals surface area contributed by atoms with Gasteiger partial charge in [-0.1, -0.05) is 152 Å². The molecule has 0 spiro atoms. The maximum atomic E-state index is 5.13. The number of rotatable bonds is 5. The highest BCUT2D eigenvalue weighted by atomic mass is 15.0. The van der Waals surface area contributed by atoms with Crippen LogP contribution in [-0.4, -0.2) is 24.1 Å². The van der Waals surface area contributed by atoms with E-state index in [0.29, 0.717) is 17.5 Å². The molecule has 0 amide bonds. The summed E-state index contributed by atoms with van der Waals surface area (Å²) in [6.07, 6.45) is 0. The smallest absolute Gasteiger partial charge is 0.164 e. The SMILES string of the molecule is c1ccc(-c2nc(-c3ccccc3)nc(-c3cccc4ccc(-n5c6cc(-n7c8ccccc8c8ccccc87)ccc6c6cc7ccccc7cc65)cc34)n2)cc1. The lowest BCUT2D eigenvalue weighted by atomic mass is 10.0. The third kappa shape index (κ3) is 5.07. The van der Waals surface area contributed by atoms with Crippen LogP contribution in [0.15, 0.2) is 200 Å². The molecule has 0 N–H and O–H groups in total. The molecule has 0 unspecified atom stereocenters. The van der Waals surface area contributed by atoms with E-state index in [1.807, 2.05) is 36.4 Å². The molecule has 12 aromatic rings. The maximum absolute atomic E-state index is 5.13. The van der Waals surface area contributed by atoms with Crippen molar-refractivity contribution in [1.82, 2.24) is 24.1 Å². The minimum Gasteiger partial charge on any atom is -0.309 e. The second-order valence-electron chi connectivity index (χ2n) is 14.9. The summed E-state index contributed by atoms with van der Waals surface area (Å²) in [6.45, 7) is 0. The Kier molecular flexibility index (Phi) is 7.16. The zero-order valence-electron chi connectivity index (χ0n) is 31.3. The lowest BCUT2D eigenvalue weighted by Crippen LogP contribution is -2.01. The van der Waals surface area contributed by atoms with Crippen LogP contribution < -0.4 is 0 Å². The van der Waals surface area contributed by atoms with Crippen LogP contribution in [0, 0.1) is 0 Å². The van der Waals surface area contributed by atoms with Crippen molar-refractivity contribution in [3.8, 4) is 45.5 Å². The normalized spacial score (nSPS) is 11.8. The van der Waals surface area contributed by atoms with Gasteiger partial charge in [0, 0.05) is 49.6 Å². The predicted octanol–water partition coefficient (Wildman–Crippen LogP) is 13.4. The molecule has 12 rings (SSSR count). The molecule has 5 nitrogen and oxygen atoms in total. The molecule has 0 bridgehead atoms. The highest BCUT2D eigenvalue weighted by Crippen LogP contribution is 2.40. The molecule has 0 aliphatic carbocycles. The zero-order valence-corrected chi connectivity index (χ0v) is 31.3. The molecule has 3 aromatic heterocycles. The molecule has 0 aliphatic rings. The highest BCUT2D eigenvalue weighted by molar-refractivity contribution is 6.15. The summed E-state index contributed by atoms with van der Waals surface area (Å²) in [4.78, 5) is 15.2. The summed E-state index contributed by atoms with van der Waals surface area (Å²) in [5.41, 5.74) is 9.70. The highest BCUT2D eigenvalue weighted by Gasteiger charge is 2.19. The maximum Gasteiger partial charge on any atom is 0.164 e. The fourth-order valence-corrected chi connectivity index (χ4v) is 8.83. The largest absolute Gasteiger partial charge is 0.309 e. The summed E-state index contributed by atoms with van der Waals surface area (Å²) in [7, 11) is 0. The summed E-state index contributed by atoms with van der Waals surface area (Å²) in [6, 6.07) is 71.1. The van der Waals surface area contributed by atoms with Gasteiger partial charge in [-0.15, -0.1) is 0 Å². The Morgan fingerprint density at radius 1 is 0.276 bits per heavy atom. The van der Waals surface area contributed by atoms with Crippen LogP contribution in [0.4, 0.5) is 0 Å². The van der Waals surface area contributed by atoms with Crippen molar-refractivity contribution in [3.05, 3.63) is 200 Å². The van der Waals surface area contributed by atoms with Gasteiger partial charge in [-0.3, -0.25) is 0 Å². The Bertz CT molecular complexity index is 3450. The van der Waals surface area contributed by atoms with Gasteiger partial charge in [0.15, 0.2) is 17.5 Å². The van der Waals surface area contributed by atoms with E-state index in [1.165, 1.54) is 43.4 Å². The first kappa shape index (κ1) is 32.4. The Morgan fingerprint density at radius 3 is 1.47 bits per heavy atom. The number of fused-ring (bicyclic) bond motifs is 8. The van der Waals surface area contributed by atoms with E-state index in [0.717, 1.165) is 49.9 Å². The number of hydrogen-bond acceptors (Lipinski definition) is 3. The quantitative estimate of drug-likeness (QED) is 0.177. The molecule has 0 saturated heterocycles. The molecule has 0 radical (unpaired) electrons. The van der Waals surface area contributed by atoms with Crippen LogP contribution in [0.1, 0.15) is 0 Å². The first-order valence-electron chi connectivity index (χ1n) is 19.6. The van der Waals surface area contributed by atoms with E-state index in [-0.39, 0.29) is 0 Å². The van der Waals surface area contributed by atoms with Gasteiger partial charge in [0.25, 0.3) is 0 Å². The average molecular weight is 740 g/mol. The number of para-hydroxylation sites is 2. The molecule has 9 aromatic carbocycles. The minimum atomic E-state index is 0.636. The fourth-order valence-electron chi connectivity index (χ4n) is 8.83. The Balaban J connectivity index is 1.12. The van der Waals surface area contributed by atoms with Gasteiger partial charge in [-0.2, -0.15) is 0 Å². The van der Waals surface area contributed by atoms with E-state index in [1.54, 1.807) is 0 Å². The van der Waals surface area contributed by atoms with Crippen molar-refractivity contribution in [3.63, 3.8) is 0 Å². The number of aromatic nitrogens is 5. The predicted molar refractivity (Wildman–Crippen MR) is 240 cm³/mol. The van der Waals surface area contributed by atoms with E-state index in [9.17, 15) is 0 Å². The monoisotopic (exact) mass is 739 g/mol. The number of hydrogen-bond donors (Lipinski definition) is 0. The van der Waals surface area contributed by atoms with Gasteiger partial charge < -0.3 is 9.13 Å². The third-order valence-electron chi connectivity index (χ3n) is 11.5. The van der Waals surface area contributed by atoms with Gasteiger partial charge in [0.2, 0.25) is 0 Å². The van der Waals surface area contributed by atoms with Crippen molar-refractivity contribution in [2.45, 2.75) is 0 Å². The molecular formula is C53H33N5. The Labute approximate surface area is 333 Å². The van der Waals surface area contributed by atoms with Crippen LogP contribution in [0.25, 0.3) is 111 Å². The first-order valence-corrected chi connectivity index (χ1v) is 19.6. The summed E-state index contributed by atoms with van der Waals surface area (Å²) in [5, 5.41) is 9.52. The van der Waals surface area contributed by atoms with Crippen LogP contribution in [0.2, 0.25) is 0 Å². The lowest BCUT2D eigenvalue weighted by molar-refractivity contribution is 1.08. The van der Waals surface area contributed by atoms with Gasteiger partial charge in [-0.05, 0) is 70.1 Å². The second kappa shape index (κ2) is 12.8. The van der Waals surface area contributed by atoms with Gasteiger partial charge in [0.05, 0.1) is 22.1 Å². The van der Waals surface area contributed by atoms with Crippen LogP contribution in [-0.2, 0) is 0 Å². The van der Waals surface area contributed by atoms with E-state index >= 15 is 0 Å². The van der Waals surface area contributed by atoms with Crippen molar-refractivity contribution >= 4 is 65.2 Å². The van der Waals surface area contributed by atoms with Crippen molar-refractivity contribution < 1.29 is 0 Å². The van der Waals surface area contributed by atoms with Crippen molar-refractivity contribution in [1.29, 1.82) is 0 Å². The van der Waals surface area contributed by atoms with Crippen molar-refractivity contribution in [2.75, 3.05) is 0 Å². The third-order valence-corrected chi connectivity index (χ3v) is 11.5. The molecule has 0 atom stereocenters. The standard InChI is InChI=1S/C53H33N5/c1-3-14-35(15-4-1)51-54-52(36-16-5-2-6-17-36)56-53(55-51)44-23-13-20-34-26-27-39(32-45(34)44)58-49-31-38-19-8-7-18-37(38)30-46(49)43-29-28-40(33-50(43)58)57-47-24-11-9-21-41(47)42-22-10-12-25-48(42)57/h1-33H. The van der Waals surface area contributed by atoms with E-state index < -0.39 is 0 Å². The molecule has 58 heavy (non-hydrogen) atoms. The molecular weight excluding hydrogens is 707 g/mol. The number of nitrogens with zero attached hydrogens (tertiary/aromatic N) is 5. The van der Waals surface area contributed by atoms with Crippen LogP contribution in [0.3, 0.4) is 0 Å². The first-order chi connectivity index (χ1) is 28.7. The van der Waals surface area contributed by atoms with E-state index in [4.69, 9.17) is 15.0 Å². The molecule has 0 saturated carbocycles. The zero-order chi connectivity index (χ0) is 38.2. The van der Waals surface area contributed by atoms with Crippen LogP contribution in [0.5, 0.6) is 0 Å². The molecule has 0 aliphatic heterocycles. The van der Waals surface area contributed by atoms with Gasteiger partial charge in [0.1, 0.15) is 0 Å². The lowest BCUT2D eigenvalue weighted by Gasteiger charge is -2.14. The molecule has 0 fully saturated rings. The molecule has 3 heterocycles. The second-order valence-corrected chi connectivity index (χ2v) is 14.9. The average Bonchev–Trinajstić information content (AvgIpc) is 3.80. The fraction of sp³-hybridized carbons (Fsp3) is 0. The van der Waals surface area contributed by atoms with Gasteiger partial charge >= 0.3 is 0 Å². The molecule has 5 heteroatoms. The van der Waals surface area contributed by atoms with Gasteiger partial charge in [-0.25, -0.2) is 15.0 Å². The topological polar surface area (TPSA) is 48.5 Å². The summed E-state index contributed by atoms with van der Waals surface area (Å²) >= 11 is 0. The number of benzene rings is 9. The molecule has 270 valence electrons. The Hall–Kier alpha value is -7.89. The summed E-state index contributed by atoms with van der Waals surface area (Å²) in [5.74, 6) is 1.92. The Morgan fingerprint density at radius 2 is 0.776 bits per heavy atom. The van der Waals surface area contributed by atoms with E-state index in [2.05, 4.69) is 173 Å². The summed E-state index contributed by atoms with van der Waals surface area (Å²) < 4.78 is 4.83. The van der Waals surface area contributed by atoms with Crippen molar-refractivity contribution in [2.24, 2.45) is 0 Å². The van der Waals surface area contributed by atoms with Crippen LogP contribution >= 0.6 is 0 Å².